The number of aromatic nitrogens is 4. The molecule has 180 valence electrons. The van der Waals surface area contributed by atoms with Crippen LogP contribution in [-0.2, 0) is 4.79 Å². The quantitative estimate of drug-likeness (QED) is 0.289. The van der Waals surface area contributed by atoms with Gasteiger partial charge in [0.25, 0.3) is 0 Å². The Morgan fingerprint density at radius 3 is 2.23 bits per heavy atom. The Morgan fingerprint density at radius 1 is 1.03 bits per heavy atom. The highest BCUT2D eigenvalue weighted by Crippen LogP contribution is 2.38. The van der Waals surface area contributed by atoms with Crippen molar-refractivity contribution in [2.45, 2.75) is 30.6 Å². The number of benzene rings is 2. The highest BCUT2D eigenvalue weighted by molar-refractivity contribution is 6.28. The molecule has 0 aliphatic heterocycles. The van der Waals surface area contributed by atoms with E-state index in [-0.39, 0.29) is 17.6 Å². The fraction of sp³-hybridized carbons (Fsp3) is 0.280. The van der Waals surface area contributed by atoms with E-state index in [9.17, 15) is 20.1 Å². The average molecular weight is 494 g/mol. The van der Waals surface area contributed by atoms with E-state index in [1.165, 1.54) is 6.33 Å². The molecule has 9 nitrogen and oxygen atoms in total. The summed E-state index contributed by atoms with van der Waals surface area (Å²) in [6, 6.07) is 19.5. The number of carboxylic acids is 1. The molecule has 4 atom stereocenters. The zero-order valence-electron chi connectivity index (χ0n) is 18.6. The van der Waals surface area contributed by atoms with Crippen molar-refractivity contribution >= 4 is 34.6 Å². The Morgan fingerprint density at radius 2 is 1.66 bits per heavy atom. The summed E-state index contributed by atoms with van der Waals surface area (Å²) in [5, 5.41) is 33.4. The summed E-state index contributed by atoms with van der Waals surface area (Å²) in [5.74, 6) is -1.78. The molecule has 2 heterocycles. The smallest absolute Gasteiger partial charge is 0.309 e. The molecule has 0 radical (unpaired) electrons. The number of aliphatic carboxylic acids is 1. The minimum Gasteiger partial charge on any atom is -0.481 e. The first-order chi connectivity index (χ1) is 16.9. The Labute approximate surface area is 206 Å². The predicted octanol–water partition coefficient (Wildman–Crippen LogP) is 3.09. The second-order valence-electron chi connectivity index (χ2n) is 8.65. The van der Waals surface area contributed by atoms with Crippen molar-refractivity contribution in [1.82, 2.24) is 19.5 Å². The van der Waals surface area contributed by atoms with Crippen molar-refractivity contribution in [3.05, 3.63) is 83.4 Å². The first kappa shape index (κ1) is 23.2. The van der Waals surface area contributed by atoms with Gasteiger partial charge in [0.2, 0.25) is 5.28 Å². The van der Waals surface area contributed by atoms with Gasteiger partial charge in [0.1, 0.15) is 6.10 Å². The largest absolute Gasteiger partial charge is 0.481 e. The second-order valence-corrected chi connectivity index (χ2v) is 8.99. The second kappa shape index (κ2) is 9.61. The van der Waals surface area contributed by atoms with Crippen molar-refractivity contribution in [1.29, 1.82) is 0 Å². The number of halogens is 1. The number of aliphatic hydroxyl groups excluding tert-OH is 2. The summed E-state index contributed by atoms with van der Waals surface area (Å²) < 4.78 is 1.57. The van der Waals surface area contributed by atoms with Crippen molar-refractivity contribution in [3.8, 4) is 0 Å². The van der Waals surface area contributed by atoms with Crippen LogP contribution >= 0.6 is 11.6 Å². The summed E-state index contributed by atoms with van der Waals surface area (Å²) >= 11 is 6.24. The monoisotopic (exact) mass is 493 g/mol. The highest BCUT2D eigenvalue weighted by atomic mass is 35.5. The molecule has 1 aliphatic carbocycles. The lowest BCUT2D eigenvalue weighted by Crippen LogP contribution is -2.32. The summed E-state index contributed by atoms with van der Waals surface area (Å²) in [4.78, 5) is 24.5. The summed E-state index contributed by atoms with van der Waals surface area (Å²) in [7, 11) is 0. The highest BCUT2D eigenvalue weighted by Gasteiger charge is 2.46. The van der Waals surface area contributed by atoms with E-state index in [1.807, 2.05) is 36.4 Å². The molecular weight excluding hydrogens is 470 g/mol. The van der Waals surface area contributed by atoms with E-state index in [1.54, 1.807) is 4.57 Å². The number of carbonyl (C=O) groups is 1. The third-order valence-electron chi connectivity index (χ3n) is 6.60. The van der Waals surface area contributed by atoms with Crippen LogP contribution in [0.5, 0.6) is 0 Å². The van der Waals surface area contributed by atoms with Crippen LogP contribution in [0, 0.1) is 5.92 Å². The number of hydrogen-bond acceptors (Lipinski definition) is 7. The van der Waals surface area contributed by atoms with E-state index in [0.29, 0.717) is 23.5 Å². The Balaban J connectivity index is 1.47. The van der Waals surface area contributed by atoms with Gasteiger partial charge in [0, 0.05) is 12.5 Å². The number of nitrogens with one attached hydrogen (secondary N) is 1. The summed E-state index contributed by atoms with van der Waals surface area (Å²) in [6.45, 7) is 0.509. The van der Waals surface area contributed by atoms with Crippen LogP contribution in [0.2, 0.25) is 5.28 Å². The standard InChI is InChI=1S/C25H24ClN5O4/c26-25-29-22(27-12-17(14-7-3-1-4-8-14)15-9-5-2-6-10-15)19-23(30-25)31(13-28-19)18-11-16(24(34)35)20(32)21(18)33/h1-10,13,16-18,20-21,32-33H,11-12H2,(H,34,35)(H,27,29,30)/t16-,18+,20+,21-/m0/s1. The topological polar surface area (TPSA) is 133 Å². The number of nitrogens with zero attached hydrogens (tertiary/aromatic N) is 4. The molecule has 2 aromatic carbocycles. The van der Waals surface area contributed by atoms with Crippen molar-refractivity contribution < 1.29 is 20.1 Å². The maximum atomic E-state index is 11.5. The Hall–Kier alpha value is -3.53. The Kier molecular flexibility index (Phi) is 6.38. The summed E-state index contributed by atoms with van der Waals surface area (Å²) in [6.07, 6.45) is -1.16. The number of carboxylic acid groups (broad SMARTS) is 1. The molecule has 4 N–H and O–H groups in total. The third kappa shape index (κ3) is 4.45. The normalized spacial score (nSPS) is 22.1. The van der Waals surface area contributed by atoms with Gasteiger partial charge in [-0.15, -0.1) is 0 Å². The van der Waals surface area contributed by atoms with E-state index in [2.05, 4.69) is 44.5 Å². The number of hydrogen-bond donors (Lipinski definition) is 4. The van der Waals surface area contributed by atoms with Crippen molar-refractivity contribution in [3.63, 3.8) is 0 Å². The molecule has 1 aliphatic rings. The van der Waals surface area contributed by atoms with Gasteiger partial charge in [-0.3, -0.25) is 4.79 Å². The molecule has 2 aromatic heterocycles. The molecule has 0 unspecified atom stereocenters. The Bertz CT molecular complexity index is 1290. The van der Waals surface area contributed by atoms with Crippen LogP contribution in [-0.4, -0.2) is 59.6 Å². The average Bonchev–Trinajstić information content (AvgIpc) is 3.41. The maximum Gasteiger partial charge on any atom is 0.309 e. The molecular formula is C25H24ClN5O4. The number of anilines is 1. The minimum atomic E-state index is -1.39. The number of aliphatic hydroxyl groups is 2. The molecule has 10 heteroatoms. The molecule has 0 spiro atoms. The lowest BCUT2D eigenvalue weighted by Gasteiger charge is -2.20. The number of imidazole rings is 1. The van der Waals surface area contributed by atoms with Crippen LogP contribution in [0.25, 0.3) is 11.2 Å². The fourth-order valence-electron chi connectivity index (χ4n) is 4.78. The van der Waals surface area contributed by atoms with Crippen LogP contribution in [0.3, 0.4) is 0 Å². The van der Waals surface area contributed by atoms with Gasteiger partial charge in [-0.05, 0) is 29.1 Å². The predicted molar refractivity (Wildman–Crippen MR) is 130 cm³/mol. The van der Waals surface area contributed by atoms with Crippen molar-refractivity contribution in [2.24, 2.45) is 5.92 Å². The van der Waals surface area contributed by atoms with Crippen LogP contribution in [0.15, 0.2) is 67.0 Å². The third-order valence-corrected chi connectivity index (χ3v) is 6.77. The minimum absolute atomic E-state index is 0.0134. The lowest BCUT2D eigenvalue weighted by molar-refractivity contribution is -0.145. The SMILES string of the molecule is O=C(O)[C@H]1C[C@@H](n2cnc3c(NCC(c4ccccc4)c4ccccc4)nc(Cl)nc32)[C@H](O)[C@@H]1O. The molecule has 0 amide bonds. The van der Waals surface area contributed by atoms with Gasteiger partial charge in [-0.2, -0.15) is 9.97 Å². The van der Waals surface area contributed by atoms with Gasteiger partial charge in [-0.1, -0.05) is 60.7 Å². The molecule has 35 heavy (non-hydrogen) atoms. The van der Waals surface area contributed by atoms with E-state index in [4.69, 9.17) is 11.6 Å². The van der Waals surface area contributed by atoms with Crippen LogP contribution < -0.4 is 5.32 Å². The zero-order chi connectivity index (χ0) is 24.5. The van der Waals surface area contributed by atoms with E-state index >= 15 is 0 Å². The van der Waals surface area contributed by atoms with Gasteiger partial charge < -0.3 is 25.2 Å². The van der Waals surface area contributed by atoms with Crippen LogP contribution in [0.4, 0.5) is 5.82 Å². The molecule has 5 rings (SSSR count). The molecule has 1 fully saturated rings. The molecule has 0 saturated heterocycles. The molecule has 0 bridgehead atoms. The first-order valence-electron chi connectivity index (χ1n) is 11.3. The van der Waals surface area contributed by atoms with Gasteiger partial charge in [-0.25, -0.2) is 4.98 Å². The first-order valence-corrected chi connectivity index (χ1v) is 11.6. The van der Waals surface area contributed by atoms with Crippen molar-refractivity contribution in [2.75, 3.05) is 11.9 Å². The van der Waals surface area contributed by atoms with Crippen LogP contribution in [0.1, 0.15) is 29.5 Å². The lowest BCUT2D eigenvalue weighted by atomic mass is 9.91. The number of rotatable bonds is 7. The van der Waals surface area contributed by atoms with E-state index in [0.717, 1.165) is 11.1 Å². The van der Waals surface area contributed by atoms with Gasteiger partial charge >= 0.3 is 5.97 Å². The summed E-state index contributed by atoms with van der Waals surface area (Å²) in [5.41, 5.74) is 3.06. The maximum absolute atomic E-state index is 11.5. The molecule has 4 aromatic rings. The zero-order valence-corrected chi connectivity index (χ0v) is 19.3. The van der Waals surface area contributed by atoms with Gasteiger partial charge in [0.05, 0.1) is 24.4 Å². The molecule has 1 saturated carbocycles. The van der Waals surface area contributed by atoms with E-state index < -0.39 is 30.1 Å². The number of fused-ring (bicyclic) bond motifs is 1. The van der Waals surface area contributed by atoms with Gasteiger partial charge in [0.15, 0.2) is 17.0 Å². The fourth-order valence-corrected chi connectivity index (χ4v) is 4.95.